The number of amides is 2. The number of carbonyl (C=O) groups excluding carboxylic acids is 2. The summed E-state index contributed by atoms with van der Waals surface area (Å²) in [5.74, 6) is 1.91. The van der Waals surface area contributed by atoms with Crippen molar-refractivity contribution in [2.24, 2.45) is 11.7 Å². The van der Waals surface area contributed by atoms with Crippen LogP contribution in [0.4, 0.5) is 0 Å². The van der Waals surface area contributed by atoms with Gasteiger partial charge in [-0.25, -0.2) is 0 Å². The number of nitrogens with zero attached hydrogens (tertiary/aromatic N) is 2. The first-order valence-corrected chi connectivity index (χ1v) is 9.41. The average Bonchev–Trinajstić information content (AvgIpc) is 2.98. The van der Waals surface area contributed by atoms with Gasteiger partial charge in [0.1, 0.15) is 6.04 Å². The number of likely N-dealkylation sites (N-methyl/N-ethyl adjacent to an activating group) is 1. The van der Waals surface area contributed by atoms with E-state index in [0.29, 0.717) is 30.5 Å². The van der Waals surface area contributed by atoms with Crippen molar-refractivity contribution in [1.82, 2.24) is 9.80 Å². The Balaban J connectivity index is 2.53. The standard InChI is InChI=1S/C16H31N3O2S/c1-5-6-7-15(20)19-11-22-10-14(19)16(21)18(4)9-8-13(17)12(2)3/h12-14H,5-11,17H2,1-4H3. The Morgan fingerprint density at radius 2 is 2.09 bits per heavy atom. The van der Waals surface area contributed by atoms with Crippen molar-refractivity contribution in [1.29, 1.82) is 0 Å². The molecule has 0 radical (unpaired) electrons. The van der Waals surface area contributed by atoms with Crippen LogP contribution in [0, 0.1) is 5.92 Å². The lowest BCUT2D eigenvalue weighted by Crippen LogP contribution is -2.48. The quantitative estimate of drug-likeness (QED) is 0.739. The van der Waals surface area contributed by atoms with Gasteiger partial charge in [-0.15, -0.1) is 11.8 Å². The summed E-state index contributed by atoms with van der Waals surface area (Å²) in [6.45, 7) is 6.90. The van der Waals surface area contributed by atoms with E-state index in [4.69, 9.17) is 5.73 Å². The number of thioether (sulfide) groups is 1. The van der Waals surface area contributed by atoms with Crippen LogP contribution in [0.5, 0.6) is 0 Å². The number of rotatable bonds is 8. The Labute approximate surface area is 139 Å². The highest BCUT2D eigenvalue weighted by Gasteiger charge is 2.35. The number of hydrogen-bond donors (Lipinski definition) is 1. The van der Waals surface area contributed by atoms with Gasteiger partial charge < -0.3 is 15.5 Å². The molecule has 1 aliphatic rings. The molecule has 1 heterocycles. The zero-order valence-corrected chi connectivity index (χ0v) is 15.2. The van der Waals surface area contributed by atoms with Crippen LogP contribution < -0.4 is 5.73 Å². The molecule has 128 valence electrons. The van der Waals surface area contributed by atoms with Crippen LogP contribution in [0.1, 0.15) is 46.5 Å². The van der Waals surface area contributed by atoms with Crippen molar-refractivity contribution >= 4 is 23.6 Å². The van der Waals surface area contributed by atoms with E-state index in [1.165, 1.54) is 0 Å². The van der Waals surface area contributed by atoms with Crippen molar-refractivity contribution < 1.29 is 9.59 Å². The Bertz CT molecular complexity index is 376. The lowest BCUT2D eigenvalue weighted by Gasteiger charge is -2.28. The lowest BCUT2D eigenvalue weighted by atomic mass is 10.0. The molecule has 0 aliphatic carbocycles. The molecular formula is C16H31N3O2S. The van der Waals surface area contributed by atoms with Gasteiger partial charge in [-0.1, -0.05) is 27.2 Å². The molecule has 0 aromatic heterocycles. The number of nitrogens with two attached hydrogens (primary N) is 1. The largest absolute Gasteiger partial charge is 0.344 e. The summed E-state index contributed by atoms with van der Waals surface area (Å²) < 4.78 is 0. The molecule has 1 saturated heterocycles. The smallest absolute Gasteiger partial charge is 0.246 e. The minimum Gasteiger partial charge on any atom is -0.344 e. The predicted octanol–water partition coefficient (Wildman–Crippen LogP) is 1.91. The van der Waals surface area contributed by atoms with Crippen molar-refractivity contribution in [2.45, 2.75) is 58.5 Å². The molecule has 1 aliphatic heterocycles. The fourth-order valence-corrected chi connectivity index (χ4v) is 3.58. The second kappa shape index (κ2) is 9.40. The van der Waals surface area contributed by atoms with E-state index in [1.807, 2.05) is 7.05 Å². The zero-order chi connectivity index (χ0) is 16.7. The lowest BCUT2D eigenvalue weighted by molar-refractivity contribution is -0.142. The fourth-order valence-electron chi connectivity index (χ4n) is 2.41. The molecule has 2 amide bonds. The van der Waals surface area contributed by atoms with Gasteiger partial charge in [-0.2, -0.15) is 0 Å². The molecule has 2 atom stereocenters. The van der Waals surface area contributed by atoms with Crippen LogP contribution >= 0.6 is 11.8 Å². The maximum atomic E-state index is 12.6. The van der Waals surface area contributed by atoms with Crippen molar-refractivity contribution in [3.8, 4) is 0 Å². The van der Waals surface area contributed by atoms with Crippen LogP contribution in [-0.4, -0.2) is 58.9 Å². The number of carbonyl (C=O) groups is 2. The Morgan fingerprint density at radius 1 is 1.41 bits per heavy atom. The van der Waals surface area contributed by atoms with Crippen molar-refractivity contribution in [2.75, 3.05) is 25.2 Å². The molecule has 0 aromatic rings. The van der Waals surface area contributed by atoms with Crippen LogP contribution in [0.15, 0.2) is 0 Å². The third kappa shape index (κ3) is 5.47. The summed E-state index contributed by atoms with van der Waals surface area (Å²) in [4.78, 5) is 28.3. The molecule has 0 aromatic carbocycles. The second-order valence-corrected chi connectivity index (χ2v) is 7.44. The average molecular weight is 330 g/mol. The third-order valence-corrected chi connectivity index (χ3v) is 5.27. The van der Waals surface area contributed by atoms with Crippen LogP contribution in [0.2, 0.25) is 0 Å². The molecule has 1 fully saturated rings. The monoisotopic (exact) mass is 329 g/mol. The van der Waals surface area contributed by atoms with Gasteiger partial charge in [0.05, 0.1) is 5.88 Å². The summed E-state index contributed by atoms with van der Waals surface area (Å²) in [6.07, 6.45) is 3.23. The Kier molecular flexibility index (Phi) is 8.25. The molecule has 0 bridgehead atoms. The van der Waals surface area contributed by atoms with Crippen LogP contribution in [0.25, 0.3) is 0 Å². The highest BCUT2D eigenvalue weighted by atomic mass is 32.2. The summed E-state index contributed by atoms with van der Waals surface area (Å²) in [5.41, 5.74) is 6.04. The minimum atomic E-state index is -0.297. The van der Waals surface area contributed by atoms with E-state index in [0.717, 1.165) is 19.3 Å². The Hall–Kier alpha value is -0.750. The topological polar surface area (TPSA) is 66.6 Å². The molecular weight excluding hydrogens is 298 g/mol. The summed E-state index contributed by atoms with van der Waals surface area (Å²) in [7, 11) is 1.81. The van der Waals surface area contributed by atoms with E-state index < -0.39 is 0 Å². The zero-order valence-electron chi connectivity index (χ0n) is 14.4. The second-order valence-electron chi connectivity index (χ2n) is 6.44. The van der Waals surface area contributed by atoms with Crippen molar-refractivity contribution in [3.05, 3.63) is 0 Å². The number of unbranched alkanes of at least 4 members (excludes halogenated alkanes) is 1. The van der Waals surface area contributed by atoms with E-state index in [2.05, 4.69) is 20.8 Å². The normalized spacial score (nSPS) is 19.5. The van der Waals surface area contributed by atoms with Crippen LogP contribution in [-0.2, 0) is 9.59 Å². The molecule has 5 nitrogen and oxygen atoms in total. The molecule has 0 saturated carbocycles. The van der Waals surface area contributed by atoms with Gasteiger partial charge in [0, 0.05) is 31.8 Å². The number of hydrogen-bond acceptors (Lipinski definition) is 4. The van der Waals surface area contributed by atoms with Gasteiger partial charge in [-0.3, -0.25) is 9.59 Å². The van der Waals surface area contributed by atoms with Gasteiger partial charge in [0.2, 0.25) is 11.8 Å². The van der Waals surface area contributed by atoms with E-state index in [1.54, 1.807) is 21.6 Å². The maximum Gasteiger partial charge on any atom is 0.246 e. The molecule has 1 rings (SSSR count). The van der Waals surface area contributed by atoms with Gasteiger partial charge in [-0.05, 0) is 18.8 Å². The maximum absolute atomic E-state index is 12.6. The summed E-state index contributed by atoms with van der Waals surface area (Å²) >= 11 is 1.66. The summed E-state index contributed by atoms with van der Waals surface area (Å²) in [6, 6.07) is -0.190. The molecule has 2 unspecified atom stereocenters. The molecule has 22 heavy (non-hydrogen) atoms. The predicted molar refractivity (Wildman–Crippen MR) is 92.6 cm³/mol. The van der Waals surface area contributed by atoms with E-state index in [-0.39, 0.29) is 23.9 Å². The third-order valence-electron chi connectivity index (χ3n) is 4.26. The van der Waals surface area contributed by atoms with Gasteiger partial charge in [0.25, 0.3) is 0 Å². The molecule has 2 N–H and O–H groups in total. The SMILES string of the molecule is CCCCC(=O)N1CSCC1C(=O)N(C)CCC(N)C(C)C. The minimum absolute atomic E-state index is 0.0470. The van der Waals surface area contributed by atoms with E-state index in [9.17, 15) is 9.59 Å². The molecule has 6 heteroatoms. The van der Waals surface area contributed by atoms with Gasteiger partial charge >= 0.3 is 0 Å². The summed E-state index contributed by atoms with van der Waals surface area (Å²) in [5, 5.41) is 0. The highest BCUT2D eigenvalue weighted by Crippen LogP contribution is 2.23. The first-order chi connectivity index (χ1) is 10.4. The van der Waals surface area contributed by atoms with E-state index >= 15 is 0 Å². The first-order valence-electron chi connectivity index (χ1n) is 8.26. The van der Waals surface area contributed by atoms with Crippen molar-refractivity contribution in [3.63, 3.8) is 0 Å². The fraction of sp³-hybridized carbons (Fsp3) is 0.875. The highest BCUT2D eigenvalue weighted by molar-refractivity contribution is 7.99. The van der Waals surface area contributed by atoms with Gasteiger partial charge in [0.15, 0.2) is 0 Å². The first kappa shape index (κ1) is 19.3. The Morgan fingerprint density at radius 3 is 2.68 bits per heavy atom. The van der Waals surface area contributed by atoms with Crippen LogP contribution in [0.3, 0.4) is 0 Å². The molecule has 0 spiro atoms.